The Kier molecular flexibility index (Phi) is 7.14. The molecule has 0 radical (unpaired) electrons. The lowest BCUT2D eigenvalue weighted by Crippen LogP contribution is -2.19. The van der Waals surface area contributed by atoms with E-state index in [9.17, 15) is 0 Å². The number of unbranched alkanes of at least 4 members (excludes halogenated alkanes) is 2. The lowest BCUT2D eigenvalue weighted by Gasteiger charge is -2.15. The molecule has 0 fully saturated rings. The fourth-order valence-corrected chi connectivity index (χ4v) is 2.20. The van der Waals surface area contributed by atoms with Gasteiger partial charge >= 0.3 is 0 Å². The van der Waals surface area contributed by atoms with Crippen molar-refractivity contribution in [1.82, 2.24) is 5.32 Å². The van der Waals surface area contributed by atoms with Crippen LogP contribution in [0.3, 0.4) is 0 Å². The van der Waals surface area contributed by atoms with Gasteiger partial charge in [-0.15, -0.1) is 0 Å². The molecule has 20 heavy (non-hydrogen) atoms. The largest absolute Gasteiger partial charge is 0.385 e. The molecule has 0 bridgehead atoms. The van der Waals surface area contributed by atoms with Crippen LogP contribution in [0, 0.1) is 5.92 Å². The van der Waals surface area contributed by atoms with E-state index in [0.717, 1.165) is 23.4 Å². The first kappa shape index (κ1) is 16.6. The van der Waals surface area contributed by atoms with Crippen LogP contribution >= 0.6 is 0 Å². The maximum atomic E-state index is 4.13. The maximum absolute atomic E-state index is 4.13. The summed E-state index contributed by atoms with van der Waals surface area (Å²) in [5, 5.41) is 3.46. The topological polar surface area (TPSA) is 12.0 Å². The number of benzene rings is 1. The highest BCUT2D eigenvalue weighted by Crippen LogP contribution is 2.16. The van der Waals surface area contributed by atoms with Gasteiger partial charge in [0.1, 0.15) is 0 Å². The van der Waals surface area contributed by atoms with Crippen LogP contribution < -0.4 is 5.32 Å². The zero-order chi connectivity index (χ0) is 15.0. The summed E-state index contributed by atoms with van der Waals surface area (Å²) in [6.07, 6.45) is 5.26. The molecule has 0 aliphatic carbocycles. The summed E-state index contributed by atoms with van der Waals surface area (Å²) < 4.78 is 0. The molecule has 1 rings (SSSR count). The molecule has 0 saturated carbocycles. The number of hydrogen-bond acceptors (Lipinski definition) is 1. The molecule has 0 aromatic heterocycles. The average molecular weight is 271 g/mol. The van der Waals surface area contributed by atoms with Crippen molar-refractivity contribution in [2.75, 3.05) is 6.54 Å². The maximum Gasteiger partial charge on any atom is 0.0340 e. The van der Waals surface area contributed by atoms with Gasteiger partial charge in [0, 0.05) is 12.2 Å². The van der Waals surface area contributed by atoms with Crippen LogP contribution in [0.4, 0.5) is 0 Å². The van der Waals surface area contributed by atoms with Crippen molar-refractivity contribution in [3.8, 4) is 0 Å². The number of hydrogen-bond donors (Lipinski definition) is 1. The van der Waals surface area contributed by atoms with Gasteiger partial charge < -0.3 is 5.32 Å². The molecule has 1 heteroatoms. The Morgan fingerprint density at radius 1 is 1.10 bits per heavy atom. The van der Waals surface area contributed by atoms with Crippen LogP contribution in [0.25, 0.3) is 11.3 Å². The molecule has 110 valence electrons. The molecule has 0 aliphatic rings. The highest BCUT2D eigenvalue weighted by Gasteiger charge is 2.04. The second kappa shape index (κ2) is 8.63. The van der Waals surface area contributed by atoms with E-state index in [0.29, 0.717) is 5.92 Å². The van der Waals surface area contributed by atoms with Crippen LogP contribution in [0.2, 0.25) is 0 Å². The Morgan fingerprint density at radius 3 is 2.25 bits per heavy atom. The Labute approximate surface area is 124 Å². The molecule has 0 amide bonds. The Hall–Kier alpha value is -1.50. The van der Waals surface area contributed by atoms with Gasteiger partial charge in [0.25, 0.3) is 0 Å². The van der Waals surface area contributed by atoms with E-state index < -0.39 is 0 Å². The molecule has 1 atom stereocenters. The minimum atomic E-state index is 0.702. The summed E-state index contributed by atoms with van der Waals surface area (Å²) in [6, 6.07) is 8.44. The van der Waals surface area contributed by atoms with Crippen molar-refractivity contribution >= 4 is 11.3 Å². The third-order valence-electron chi connectivity index (χ3n) is 3.69. The summed E-state index contributed by atoms with van der Waals surface area (Å²) in [5.74, 6) is 0.702. The van der Waals surface area contributed by atoms with E-state index in [1.807, 2.05) is 6.92 Å². The van der Waals surface area contributed by atoms with Crippen LogP contribution in [0.1, 0.15) is 57.6 Å². The van der Waals surface area contributed by atoms with E-state index in [1.165, 1.54) is 31.2 Å². The van der Waals surface area contributed by atoms with Crippen molar-refractivity contribution in [3.63, 3.8) is 0 Å². The minimum absolute atomic E-state index is 0.702. The Balaban J connectivity index is 2.40. The second-order valence-corrected chi connectivity index (χ2v) is 5.82. The fraction of sp³-hybridized carbons (Fsp3) is 0.474. The summed E-state index contributed by atoms with van der Waals surface area (Å²) in [7, 11) is 0. The van der Waals surface area contributed by atoms with Gasteiger partial charge in [0.05, 0.1) is 0 Å². The van der Waals surface area contributed by atoms with Gasteiger partial charge in [-0.2, -0.15) is 0 Å². The molecule has 1 aromatic rings. The van der Waals surface area contributed by atoms with Gasteiger partial charge in [-0.25, -0.2) is 0 Å². The molecule has 1 unspecified atom stereocenters. The standard InChI is InChI=1S/C19H29N/c1-6-7-8-9-16(4)14-20-17(5)19-12-10-18(11-13-19)15(2)3/h10-13,16,20H,2,5-9,14H2,1,3-4H3. The predicted molar refractivity (Wildman–Crippen MR) is 91.5 cm³/mol. The van der Waals surface area contributed by atoms with Crippen molar-refractivity contribution in [1.29, 1.82) is 0 Å². The molecule has 1 N–H and O–H groups in total. The smallest absolute Gasteiger partial charge is 0.0340 e. The Bertz CT molecular complexity index is 428. The predicted octanol–water partition coefficient (Wildman–Crippen LogP) is 5.50. The van der Waals surface area contributed by atoms with E-state index >= 15 is 0 Å². The first-order valence-corrected chi connectivity index (χ1v) is 7.73. The third-order valence-corrected chi connectivity index (χ3v) is 3.69. The van der Waals surface area contributed by atoms with Crippen LogP contribution in [-0.4, -0.2) is 6.54 Å². The summed E-state index contributed by atoms with van der Waals surface area (Å²) in [4.78, 5) is 0. The van der Waals surface area contributed by atoms with Crippen molar-refractivity contribution in [3.05, 3.63) is 48.6 Å². The highest BCUT2D eigenvalue weighted by molar-refractivity contribution is 5.66. The summed E-state index contributed by atoms with van der Waals surface area (Å²) in [6.45, 7) is 15.7. The zero-order valence-corrected chi connectivity index (χ0v) is 13.3. The van der Waals surface area contributed by atoms with Crippen LogP contribution in [-0.2, 0) is 0 Å². The molecule has 0 saturated heterocycles. The van der Waals surface area contributed by atoms with Crippen molar-refractivity contribution in [2.45, 2.75) is 46.5 Å². The van der Waals surface area contributed by atoms with Gasteiger partial charge in [-0.3, -0.25) is 0 Å². The SMILES string of the molecule is C=C(C)c1ccc(C(=C)NCC(C)CCCCC)cc1. The zero-order valence-electron chi connectivity index (χ0n) is 13.3. The van der Waals surface area contributed by atoms with Gasteiger partial charge in [-0.05, 0) is 30.4 Å². The first-order valence-electron chi connectivity index (χ1n) is 7.73. The quantitative estimate of drug-likeness (QED) is 0.585. The monoisotopic (exact) mass is 271 g/mol. The van der Waals surface area contributed by atoms with Gasteiger partial charge in [0.2, 0.25) is 0 Å². The molecule has 0 spiro atoms. The van der Waals surface area contributed by atoms with Crippen LogP contribution in [0.15, 0.2) is 37.4 Å². The minimum Gasteiger partial charge on any atom is -0.385 e. The molecule has 1 nitrogen and oxygen atoms in total. The number of nitrogens with one attached hydrogen (secondary N) is 1. The van der Waals surface area contributed by atoms with Crippen molar-refractivity contribution < 1.29 is 0 Å². The van der Waals surface area contributed by atoms with Gasteiger partial charge in [-0.1, -0.05) is 76.1 Å². The summed E-state index contributed by atoms with van der Waals surface area (Å²) >= 11 is 0. The van der Waals surface area contributed by atoms with Crippen LogP contribution in [0.5, 0.6) is 0 Å². The van der Waals surface area contributed by atoms with Crippen molar-refractivity contribution in [2.24, 2.45) is 5.92 Å². The van der Waals surface area contributed by atoms with E-state index in [-0.39, 0.29) is 0 Å². The lowest BCUT2D eigenvalue weighted by molar-refractivity contribution is 0.485. The molecular formula is C19H29N. The lowest BCUT2D eigenvalue weighted by atomic mass is 10.0. The van der Waals surface area contributed by atoms with Gasteiger partial charge in [0.15, 0.2) is 0 Å². The highest BCUT2D eigenvalue weighted by atomic mass is 14.9. The third kappa shape index (κ3) is 5.64. The second-order valence-electron chi connectivity index (χ2n) is 5.82. The summed E-state index contributed by atoms with van der Waals surface area (Å²) in [5.41, 5.74) is 4.46. The Morgan fingerprint density at radius 2 is 1.70 bits per heavy atom. The molecular weight excluding hydrogens is 242 g/mol. The fourth-order valence-electron chi connectivity index (χ4n) is 2.20. The first-order chi connectivity index (χ1) is 9.54. The number of allylic oxidation sites excluding steroid dienone is 1. The molecule has 1 aromatic carbocycles. The molecule has 0 aliphatic heterocycles. The van der Waals surface area contributed by atoms with E-state index in [2.05, 4.69) is 56.6 Å². The average Bonchev–Trinajstić information content (AvgIpc) is 2.45. The normalized spacial score (nSPS) is 11.9. The molecule has 0 heterocycles. The van der Waals surface area contributed by atoms with E-state index in [4.69, 9.17) is 0 Å². The van der Waals surface area contributed by atoms with E-state index in [1.54, 1.807) is 0 Å². The number of rotatable bonds is 9.